The fourth-order valence-electron chi connectivity index (χ4n) is 3.56. The van der Waals surface area contributed by atoms with E-state index in [2.05, 4.69) is 0 Å². The zero-order chi connectivity index (χ0) is 23.0. The van der Waals surface area contributed by atoms with Crippen LogP contribution in [-0.2, 0) is 26.0 Å². The Morgan fingerprint density at radius 3 is 2.25 bits per heavy atom. The van der Waals surface area contributed by atoms with E-state index in [1.165, 1.54) is 23.5 Å². The minimum absolute atomic E-state index is 0.157. The lowest BCUT2D eigenvalue weighted by atomic mass is 10.1. The zero-order valence-corrected chi connectivity index (χ0v) is 19.3. The molecule has 0 aliphatic carbocycles. The Labute approximate surface area is 193 Å². The molecule has 0 radical (unpaired) electrons. The summed E-state index contributed by atoms with van der Waals surface area (Å²) in [4.78, 5) is 40.1. The van der Waals surface area contributed by atoms with Crippen molar-refractivity contribution in [2.24, 2.45) is 0 Å². The number of thiophene rings is 1. The number of halogens is 1. The largest absolute Gasteiger partial charge is 0.458 e. The first kappa shape index (κ1) is 22.4. The minimum Gasteiger partial charge on any atom is -0.458 e. The Kier molecular flexibility index (Phi) is 6.07. The summed E-state index contributed by atoms with van der Waals surface area (Å²) >= 11 is 7.76. The standard InChI is InChI=1S/C22H18ClNO6S2/c1-32(28,29)11-10-16(24-20(25)13-6-2-3-7-14(13)21(24)26)22(27)30-12-18-19(23)15-8-4-5-9-17(15)31-18/h2-9,16H,10-12H2,1H3. The Bertz CT molecular complexity index is 1310. The number of fused-ring (bicyclic) bond motifs is 2. The van der Waals surface area contributed by atoms with Crippen LogP contribution < -0.4 is 0 Å². The van der Waals surface area contributed by atoms with Crippen molar-refractivity contribution < 1.29 is 27.5 Å². The van der Waals surface area contributed by atoms with Crippen molar-refractivity contribution in [3.8, 4) is 0 Å². The van der Waals surface area contributed by atoms with E-state index in [9.17, 15) is 22.8 Å². The summed E-state index contributed by atoms with van der Waals surface area (Å²) in [6.07, 6.45) is 0.762. The molecule has 2 aromatic carbocycles. The Morgan fingerprint density at radius 2 is 1.66 bits per heavy atom. The molecule has 7 nitrogen and oxygen atoms in total. The van der Waals surface area contributed by atoms with Crippen molar-refractivity contribution >= 4 is 60.6 Å². The van der Waals surface area contributed by atoms with Crippen LogP contribution in [0.3, 0.4) is 0 Å². The Morgan fingerprint density at radius 1 is 1.06 bits per heavy atom. The molecule has 0 bridgehead atoms. The van der Waals surface area contributed by atoms with Gasteiger partial charge in [-0.3, -0.25) is 14.5 Å². The number of benzene rings is 2. The number of sulfone groups is 1. The monoisotopic (exact) mass is 491 g/mol. The van der Waals surface area contributed by atoms with Gasteiger partial charge in [-0.2, -0.15) is 0 Å². The summed E-state index contributed by atoms with van der Waals surface area (Å²) < 4.78 is 29.8. The minimum atomic E-state index is -3.45. The summed E-state index contributed by atoms with van der Waals surface area (Å²) in [6.45, 7) is -0.157. The van der Waals surface area contributed by atoms with Crippen molar-refractivity contribution in [1.82, 2.24) is 4.90 Å². The molecule has 3 aromatic rings. The highest BCUT2D eigenvalue weighted by molar-refractivity contribution is 7.90. The maximum Gasteiger partial charge on any atom is 0.329 e. The summed E-state index contributed by atoms with van der Waals surface area (Å²) in [5.41, 5.74) is 0.337. The summed E-state index contributed by atoms with van der Waals surface area (Å²) in [5.74, 6) is -2.55. The zero-order valence-electron chi connectivity index (χ0n) is 16.9. The smallest absolute Gasteiger partial charge is 0.329 e. The van der Waals surface area contributed by atoms with Crippen LogP contribution in [0.2, 0.25) is 5.02 Å². The number of hydrogen-bond acceptors (Lipinski definition) is 7. The first-order chi connectivity index (χ1) is 15.2. The lowest BCUT2D eigenvalue weighted by molar-refractivity contribution is -0.149. The third-order valence-corrected chi connectivity index (χ3v) is 7.78. The number of ether oxygens (including phenoxy) is 1. The molecule has 0 saturated heterocycles. The topological polar surface area (TPSA) is 97.8 Å². The van der Waals surface area contributed by atoms with Crippen molar-refractivity contribution in [3.05, 3.63) is 69.6 Å². The van der Waals surface area contributed by atoms with Gasteiger partial charge in [-0.05, 0) is 24.6 Å². The molecule has 1 unspecified atom stereocenters. The lowest BCUT2D eigenvalue weighted by Crippen LogP contribution is -2.46. The molecule has 0 N–H and O–H groups in total. The van der Waals surface area contributed by atoms with E-state index in [0.717, 1.165) is 21.2 Å². The van der Waals surface area contributed by atoms with Crippen LogP contribution in [0.1, 0.15) is 32.0 Å². The maximum absolute atomic E-state index is 13.0. The van der Waals surface area contributed by atoms with Crippen LogP contribution in [0, 0.1) is 0 Å². The molecule has 2 amide bonds. The van der Waals surface area contributed by atoms with Crippen LogP contribution >= 0.6 is 22.9 Å². The average molecular weight is 492 g/mol. The molecule has 2 heterocycles. The molecule has 10 heteroatoms. The van der Waals surface area contributed by atoms with E-state index in [4.69, 9.17) is 16.3 Å². The maximum atomic E-state index is 13.0. The lowest BCUT2D eigenvalue weighted by Gasteiger charge is -2.24. The molecule has 1 aromatic heterocycles. The fourth-order valence-corrected chi connectivity index (χ4v) is 5.61. The number of nitrogens with zero attached hydrogens (tertiary/aromatic N) is 1. The van der Waals surface area contributed by atoms with Gasteiger partial charge in [0.2, 0.25) is 0 Å². The van der Waals surface area contributed by atoms with Gasteiger partial charge in [0.1, 0.15) is 22.5 Å². The normalized spacial score (nSPS) is 14.6. The fraction of sp³-hybridized carbons (Fsp3) is 0.227. The summed E-state index contributed by atoms with van der Waals surface area (Å²) in [7, 11) is -3.45. The molecule has 1 atom stereocenters. The highest BCUT2D eigenvalue weighted by Gasteiger charge is 2.43. The molecule has 32 heavy (non-hydrogen) atoms. The van der Waals surface area contributed by atoms with Crippen LogP contribution in [0.25, 0.3) is 10.1 Å². The van der Waals surface area contributed by atoms with Gasteiger partial charge in [0, 0.05) is 16.3 Å². The summed E-state index contributed by atoms with van der Waals surface area (Å²) in [5, 5.41) is 1.30. The number of carbonyl (C=O) groups excluding carboxylic acids is 3. The number of imide groups is 1. The number of carbonyl (C=O) groups is 3. The predicted molar refractivity (Wildman–Crippen MR) is 122 cm³/mol. The van der Waals surface area contributed by atoms with Crippen LogP contribution in [0.15, 0.2) is 48.5 Å². The SMILES string of the molecule is CS(=O)(=O)CCC(C(=O)OCc1sc2ccccc2c1Cl)N1C(=O)c2ccccc2C1=O. The molecule has 0 spiro atoms. The molecule has 1 aliphatic heterocycles. The third-order valence-electron chi connectivity index (χ3n) is 5.12. The van der Waals surface area contributed by atoms with Gasteiger partial charge in [-0.15, -0.1) is 11.3 Å². The first-order valence-electron chi connectivity index (χ1n) is 9.64. The molecule has 0 saturated carbocycles. The van der Waals surface area contributed by atoms with Gasteiger partial charge in [-0.25, -0.2) is 13.2 Å². The van der Waals surface area contributed by atoms with Crippen LogP contribution in [0.4, 0.5) is 0 Å². The van der Waals surface area contributed by atoms with E-state index in [1.54, 1.807) is 12.1 Å². The number of amides is 2. The molecular formula is C22H18ClNO6S2. The Hall–Kier alpha value is -2.75. The second-order valence-corrected chi connectivity index (χ2v) is 11.2. The molecule has 1 aliphatic rings. The van der Waals surface area contributed by atoms with Gasteiger partial charge in [-0.1, -0.05) is 41.9 Å². The van der Waals surface area contributed by atoms with Crippen molar-refractivity contribution in [2.75, 3.05) is 12.0 Å². The highest BCUT2D eigenvalue weighted by atomic mass is 35.5. The van der Waals surface area contributed by atoms with Crippen molar-refractivity contribution in [3.63, 3.8) is 0 Å². The second kappa shape index (κ2) is 8.65. The van der Waals surface area contributed by atoms with Crippen LogP contribution in [-0.4, -0.2) is 49.2 Å². The number of hydrogen-bond donors (Lipinski definition) is 0. The van der Waals surface area contributed by atoms with Gasteiger partial charge >= 0.3 is 5.97 Å². The molecule has 166 valence electrons. The van der Waals surface area contributed by atoms with Crippen LogP contribution in [0.5, 0.6) is 0 Å². The molecule has 4 rings (SSSR count). The average Bonchev–Trinajstić information content (AvgIpc) is 3.21. The van der Waals surface area contributed by atoms with Gasteiger partial charge in [0.25, 0.3) is 11.8 Å². The highest BCUT2D eigenvalue weighted by Crippen LogP contribution is 2.36. The number of esters is 1. The summed E-state index contributed by atoms with van der Waals surface area (Å²) in [6, 6.07) is 12.3. The van der Waals surface area contributed by atoms with E-state index in [0.29, 0.717) is 9.90 Å². The molecule has 0 fully saturated rings. The van der Waals surface area contributed by atoms with E-state index >= 15 is 0 Å². The first-order valence-corrected chi connectivity index (χ1v) is 12.9. The van der Waals surface area contributed by atoms with Crippen molar-refractivity contribution in [2.45, 2.75) is 19.1 Å². The van der Waals surface area contributed by atoms with Gasteiger partial charge < -0.3 is 4.74 Å². The quantitative estimate of drug-likeness (QED) is 0.369. The Balaban J connectivity index is 1.59. The predicted octanol–water partition coefficient (Wildman–Crippen LogP) is 3.70. The van der Waals surface area contributed by atoms with Gasteiger partial charge in [0.05, 0.1) is 26.8 Å². The van der Waals surface area contributed by atoms with Gasteiger partial charge in [0.15, 0.2) is 0 Å². The number of rotatable bonds is 7. The van der Waals surface area contributed by atoms with E-state index in [1.807, 2.05) is 24.3 Å². The van der Waals surface area contributed by atoms with E-state index in [-0.39, 0.29) is 29.9 Å². The third kappa shape index (κ3) is 4.28. The van der Waals surface area contributed by atoms with Crippen molar-refractivity contribution in [1.29, 1.82) is 0 Å². The molecular weight excluding hydrogens is 474 g/mol. The van der Waals surface area contributed by atoms with E-state index < -0.39 is 33.7 Å². The second-order valence-electron chi connectivity index (χ2n) is 7.40.